The van der Waals surface area contributed by atoms with E-state index in [2.05, 4.69) is 0 Å². The van der Waals surface area contributed by atoms with E-state index in [4.69, 9.17) is 26.2 Å². The number of imidazole rings is 2. The Bertz CT molecular complexity index is 3610. The third-order valence-corrected chi connectivity index (χ3v) is 11.0. The molecule has 0 atom stereocenters. The predicted octanol–water partition coefficient (Wildman–Crippen LogP) is 7.33. The standard InChI is InChI=1S/C40H25N7O5/c1-4-52-30-12-22-32-20(37-43-25-13-23(41)15(2)9-28(25)45(37)40(22)49)7-5-17-33-24(42)11-21-31-19(8-6-18(35(31)33)34(30)36(17)32)38-44-26-14-27(47(50)51)16(3)10-29(26)46(38)39(21)48/h5-14H,4,41-42H2,1-3H3. The van der Waals surface area contributed by atoms with Crippen molar-refractivity contribution in [2.75, 3.05) is 18.1 Å². The van der Waals surface area contributed by atoms with Crippen molar-refractivity contribution in [1.29, 1.82) is 0 Å². The van der Waals surface area contributed by atoms with Crippen molar-refractivity contribution in [3.63, 3.8) is 0 Å². The predicted molar refractivity (Wildman–Crippen MR) is 206 cm³/mol. The molecule has 0 aliphatic heterocycles. The Kier molecular flexibility index (Phi) is 5.07. The molecule has 52 heavy (non-hydrogen) atoms. The molecule has 0 saturated heterocycles. The van der Waals surface area contributed by atoms with Gasteiger partial charge in [-0.15, -0.1) is 0 Å². The quantitative estimate of drug-likeness (QED) is 0.0635. The number of nitrogen functional groups attached to an aromatic ring is 2. The van der Waals surface area contributed by atoms with E-state index in [1.54, 1.807) is 29.5 Å². The summed E-state index contributed by atoms with van der Waals surface area (Å²) in [4.78, 5) is 50.0. The maximum absolute atomic E-state index is 14.5. The second-order valence-corrected chi connectivity index (χ2v) is 13.7. The zero-order chi connectivity index (χ0) is 35.6. The van der Waals surface area contributed by atoms with Crippen molar-refractivity contribution in [3.8, 4) is 5.75 Å². The number of nitro benzene ring substituents is 1. The van der Waals surface area contributed by atoms with Gasteiger partial charge in [-0.1, -0.05) is 12.1 Å². The van der Waals surface area contributed by atoms with E-state index in [0.29, 0.717) is 84.2 Å². The molecule has 0 unspecified atom stereocenters. The fraction of sp³-hybridized carbons (Fsp3) is 0.100. The molecule has 4 N–H and O–H groups in total. The highest BCUT2D eigenvalue weighted by atomic mass is 16.6. The molecule has 0 radical (unpaired) electrons. The van der Waals surface area contributed by atoms with Crippen LogP contribution in [-0.2, 0) is 0 Å². The molecule has 0 amide bonds. The van der Waals surface area contributed by atoms with Crippen LogP contribution < -0.4 is 27.3 Å². The van der Waals surface area contributed by atoms with Crippen LogP contribution in [0.15, 0.2) is 70.3 Å². The van der Waals surface area contributed by atoms with Gasteiger partial charge in [0, 0.05) is 66.1 Å². The molecule has 12 heteroatoms. The summed E-state index contributed by atoms with van der Waals surface area (Å²) in [6, 6.07) is 18.2. The average Bonchev–Trinajstić information content (AvgIpc) is 3.67. The molecular weight excluding hydrogens is 658 g/mol. The summed E-state index contributed by atoms with van der Waals surface area (Å²) in [5, 5.41) is 20.4. The van der Waals surface area contributed by atoms with Crippen molar-refractivity contribution >= 4 is 115 Å². The molecule has 0 aliphatic rings. The van der Waals surface area contributed by atoms with Crippen LogP contribution in [0.2, 0.25) is 0 Å². The SMILES string of the molecule is CCOc1cc2c(=O)n3c4cc(C)c(N)cc4nc3c3ccc4c5c(N)cc6c(=O)n7c8cc(C)c([N+](=O)[O-])cc8nc7c7ccc(c1c4c23)c5c67. The molecule has 7 aromatic carbocycles. The summed E-state index contributed by atoms with van der Waals surface area (Å²) in [5.41, 5.74) is 17.9. The van der Waals surface area contributed by atoms with Gasteiger partial charge in [-0.25, -0.2) is 9.97 Å². The van der Waals surface area contributed by atoms with E-state index in [0.717, 1.165) is 48.7 Å². The Morgan fingerprint density at radius 3 is 1.81 bits per heavy atom. The number of benzene rings is 7. The number of nitrogens with zero attached hydrogens (tertiary/aromatic N) is 5. The van der Waals surface area contributed by atoms with Gasteiger partial charge in [0.1, 0.15) is 17.0 Å². The number of nitro groups is 1. The minimum Gasteiger partial charge on any atom is -0.493 e. The van der Waals surface area contributed by atoms with Crippen LogP contribution in [0.1, 0.15) is 18.1 Å². The van der Waals surface area contributed by atoms with Gasteiger partial charge in [0.25, 0.3) is 16.8 Å². The van der Waals surface area contributed by atoms with Crippen LogP contribution in [0.4, 0.5) is 17.1 Å². The van der Waals surface area contributed by atoms with Crippen molar-refractivity contribution in [1.82, 2.24) is 18.8 Å². The third kappa shape index (κ3) is 3.18. The summed E-state index contributed by atoms with van der Waals surface area (Å²) in [6.07, 6.45) is 0. The Morgan fingerprint density at radius 1 is 0.654 bits per heavy atom. The van der Waals surface area contributed by atoms with E-state index < -0.39 is 4.92 Å². The zero-order valence-corrected chi connectivity index (χ0v) is 27.9. The van der Waals surface area contributed by atoms with Gasteiger partial charge in [-0.3, -0.25) is 28.5 Å². The minimum atomic E-state index is -0.445. The van der Waals surface area contributed by atoms with Crippen LogP contribution in [0, 0.1) is 24.0 Å². The molecule has 0 saturated carbocycles. The van der Waals surface area contributed by atoms with E-state index in [9.17, 15) is 19.7 Å². The summed E-state index contributed by atoms with van der Waals surface area (Å²) in [5.74, 6) is 0.534. The molecule has 0 spiro atoms. The van der Waals surface area contributed by atoms with Crippen LogP contribution in [0.3, 0.4) is 0 Å². The van der Waals surface area contributed by atoms with Crippen LogP contribution >= 0.6 is 0 Å². The third-order valence-electron chi connectivity index (χ3n) is 11.0. The average molecular weight is 684 g/mol. The number of fused-ring (bicyclic) bond motifs is 10. The smallest absolute Gasteiger partial charge is 0.274 e. The first-order valence-corrected chi connectivity index (χ1v) is 16.8. The number of aromatic nitrogens is 4. The summed E-state index contributed by atoms with van der Waals surface area (Å²) in [7, 11) is 0. The maximum Gasteiger partial charge on any atom is 0.274 e. The second-order valence-electron chi connectivity index (χ2n) is 13.7. The molecule has 11 aromatic rings. The molecule has 4 aromatic heterocycles. The monoisotopic (exact) mass is 683 g/mol. The van der Waals surface area contributed by atoms with Crippen LogP contribution in [-0.4, -0.2) is 30.3 Å². The normalized spacial score (nSPS) is 12.7. The summed E-state index contributed by atoms with van der Waals surface area (Å²) in [6.45, 7) is 5.80. The topological polar surface area (TPSA) is 173 Å². The number of ether oxygens (including phenoxy) is 1. The maximum atomic E-state index is 14.5. The first kappa shape index (κ1) is 28.7. The molecular formula is C40H25N7O5. The van der Waals surface area contributed by atoms with Gasteiger partial charge in [0.15, 0.2) is 0 Å². The number of pyridine rings is 2. The Labute approximate surface area is 290 Å². The lowest BCUT2D eigenvalue weighted by molar-refractivity contribution is -0.385. The van der Waals surface area contributed by atoms with Gasteiger partial charge in [-0.05, 0) is 79.6 Å². The molecule has 4 heterocycles. The van der Waals surface area contributed by atoms with Gasteiger partial charge in [0.2, 0.25) is 0 Å². The largest absolute Gasteiger partial charge is 0.493 e. The number of aryl methyl sites for hydroxylation is 2. The van der Waals surface area contributed by atoms with Gasteiger partial charge in [0.05, 0.1) is 44.4 Å². The minimum absolute atomic E-state index is 0.0670. The highest BCUT2D eigenvalue weighted by molar-refractivity contribution is 6.43. The van der Waals surface area contributed by atoms with Gasteiger partial charge in [-0.2, -0.15) is 0 Å². The lowest BCUT2D eigenvalue weighted by Gasteiger charge is -2.21. The van der Waals surface area contributed by atoms with Crippen molar-refractivity contribution < 1.29 is 9.66 Å². The fourth-order valence-corrected chi connectivity index (χ4v) is 8.75. The lowest BCUT2D eigenvalue weighted by Crippen LogP contribution is -2.15. The van der Waals surface area contributed by atoms with Crippen molar-refractivity contribution in [3.05, 3.63) is 103 Å². The van der Waals surface area contributed by atoms with Gasteiger partial charge >= 0.3 is 0 Å². The summed E-state index contributed by atoms with van der Waals surface area (Å²) < 4.78 is 9.52. The fourth-order valence-electron chi connectivity index (χ4n) is 8.75. The Balaban J connectivity index is 1.38. The van der Waals surface area contributed by atoms with E-state index >= 15 is 0 Å². The Morgan fingerprint density at radius 2 is 1.19 bits per heavy atom. The van der Waals surface area contributed by atoms with Crippen molar-refractivity contribution in [2.45, 2.75) is 20.8 Å². The number of hydrogen-bond acceptors (Lipinski definition) is 9. The first-order valence-electron chi connectivity index (χ1n) is 16.8. The number of nitrogens with two attached hydrogens (primary N) is 2. The number of anilines is 2. The van der Waals surface area contributed by atoms with Crippen molar-refractivity contribution in [2.24, 2.45) is 0 Å². The first-order chi connectivity index (χ1) is 25.1. The highest BCUT2D eigenvalue weighted by Gasteiger charge is 2.28. The van der Waals surface area contributed by atoms with E-state index in [-0.39, 0.29) is 16.8 Å². The molecule has 0 bridgehead atoms. The zero-order valence-electron chi connectivity index (χ0n) is 27.9. The molecule has 12 nitrogen and oxygen atoms in total. The van der Waals surface area contributed by atoms with Gasteiger partial charge < -0.3 is 16.2 Å². The molecule has 250 valence electrons. The molecule has 0 aliphatic carbocycles. The van der Waals surface area contributed by atoms with E-state index in [1.165, 1.54) is 10.5 Å². The van der Waals surface area contributed by atoms with Crippen LogP contribution in [0.25, 0.3) is 98.0 Å². The number of hydrogen-bond donors (Lipinski definition) is 2. The second kappa shape index (κ2) is 9.17. The van der Waals surface area contributed by atoms with Crippen LogP contribution in [0.5, 0.6) is 5.75 Å². The molecule has 11 rings (SSSR count). The van der Waals surface area contributed by atoms with E-state index in [1.807, 2.05) is 50.2 Å². The number of rotatable bonds is 3. The Hall–Kier alpha value is -7.08. The molecule has 0 fully saturated rings. The summed E-state index contributed by atoms with van der Waals surface area (Å²) >= 11 is 0. The highest BCUT2D eigenvalue weighted by Crippen LogP contribution is 2.50. The lowest BCUT2D eigenvalue weighted by atomic mass is 9.85.